The lowest BCUT2D eigenvalue weighted by atomic mass is 10.2. The second-order valence-corrected chi connectivity index (χ2v) is 6.56. The highest BCUT2D eigenvalue weighted by atomic mass is 16.5. The van der Waals surface area contributed by atoms with Crippen molar-refractivity contribution in [3.05, 3.63) is 54.6 Å². The molecule has 26 heavy (non-hydrogen) atoms. The van der Waals surface area contributed by atoms with Gasteiger partial charge >= 0.3 is 0 Å². The van der Waals surface area contributed by atoms with Gasteiger partial charge in [-0.25, -0.2) is 0 Å². The standard InChI is InChI=1S/C21H27N3O2/c1-3-24(18-9-5-4-6-10-18)21(25)17-22-13-15-23(16-14-22)19-11-7-8-12-20(19)26-2/h4-12H,3,13-17H2,1-2H3/p+1. The average molecular weight is 354 g/mol. The number of hydrogen-bond donors (Lipinski definition) is 1. The van der Waals surface area contributed by atoms with Gasteiger partial charge in [0.05, 0.1) is 39.0 Å². The molecular formula is C21H28N3O2+. The Balaban J connectivity index is 1.57. The molecule has 0 aromatic heterocycles. The number of nitrogens with zero attached hydrogens (tertiary/aromatic N) is 2. The molecule has 5 nitrogen and oxygen atoms in total. The topological polar surface area (TPSA) is 37.2 Å². The maximum atomic E-state index is 12.8. The molecule has 0 bridgehead atoms. The molecule has 1 aliphatic heterocycles. The number of methoxy groups -OCH3 is 1. The van der Waals surface area contributed by atoms with Crippen LogP contribution in [0.5, 0.6) is 5.75 Å². The molecule has 138 valence electrons. The van der Waals surface area contributed by atoms with Crippen molar-refractivity contribution in [2.24, 2.45) is 0 Å². The lowest BCUT2D eigenvalue weighted by molar-refractivity contribution is -0.892. The molecule has 0 unspecified atom stereocenters. The molecular weight excluding hydrogens is 326 g/mol. The fourth-order valence-corrected chi connectivity index (χ4v) is 3.55. The molecule has 1 saturated heterocycles. The summed E-state index contributed by atoms with van der Waals surface area (Å²) in [5.41, 5.74) is 2.12. The number of likely N-dealkylation sites (N-methyl/N-ethyl adjacent to an activating group) is 1. The van der Waals surface area contributed by atoms with Crippen LogP contribution in [0, 0.1) is 0 Å². The molecule has 1 fully saturated rings. The van der Waals surface area contributed by atoms with Crippen LogP contribution in [0.1, 0.15) is 6.92 Å². The Kier molecular flexibility index (Phi) is 6.12. The predicted octanol–water partition coefficient (Wildman–Crippen LogP) is 1.45. The van der Waals surface area contributed by atoms with E-state index in [1.54, 1.807) is 7.11 Å². The number of carbonyl (C=O) groups is 1. The molecule has 0 aliphatic carbocycles. The number of nitrogens with one attached hydrogen (secondary N) is 1. The van der Waals surface area contributed by atoms with Gasteiger partial charge in [-0.05, 0) is 31.2 Å². The lowest BCUT2D eigenvalue weighted by Crippen LogP contribution is -3.16. The number of rotatable bonds is 6. The van der Waals surface area contributed by atoms with Crippen LogP contribution in [0.4, 0.5) is 11.4 Å². The van der Waals surface area contributed by atoms with E-state index in [0.29, 0.717) is 13.1 Å². The monoisotopic (exact) mass is 354 g/mol. The second kappa shape index (κ2) is 8.72. The van der Waals surface area contributed by atoms with Crippen molar-refractivity contribution in [3.8, 4) is 5.75 Å². The zero-order valence-corrected chi connectivity index (χ0v) is 15.6. The summed E-state index contributed by atoms with van der Waals surface area (Å²) in [5.74, 6) is 1.10. The predicted molar refractivity (Wildman–Crippen MR) is 105 cm³/mol. The van der Waals surface area contributed by atoms with Gasteiger partial charge in [0, 0.05) is 12.2 Å². The Morgan fingerprint density at radius 1 is 1.08 bits per heavy atom. The molecule has 0 radical (unpaired) electrons. The van der Waals surface area contributed by atoms with Gasteiger partial charge in [-0.15, -0.1) is 0 Å². The van der Waals surface area contributed by atoms with E-state index in [1.165, 1.54) is 4.90 Å². The third-order valence-corrected chi connectivity index (χ3v) is 4.98. The first-order valence-corrected chi connectivity index (χ1v) is 9.30. The molecule has 2 aromatic carbocycles. The van der Waals surface area contributed by atoms with Crippen LogP contribution in [-0.2, 0) is 4.79 Å². The van der Waals surface area contributed by atoms with Crippen LogP contribution in [0.15, 0.2) is 54.6 Å². The minimum absolute atomic E-state index is 0.194. The van der Waals surface area contributed by atoms with Gasteiger partial charge in [0.1, 0.15) is 5.75 Å². The van der Waals surface area contributed by atoms with Crippen molar-refractivity contribution in [1.29, 1.82) is 0 Å². The number of hydrogen-bond acceptors (Lipinski definition) is 3. The first-order valence-electron chi connectivity index (χ1n) is 9.30. The van der Waals surface area contributed by atoms with Gasteiger partial charge in [0.2, 0.25) is 0 Å². The molecule has 2 aromatic rings. The van der Waals surface area contributed by atoms with Crippen molar-refractivity contribution in [2.75, 3.05) is 56.2 Å². The van der Waals surface area contributed by atoms with E-state index in [1.807, 2.05) is 60.4 Å². The Morgan fingerprint density at radius 2 is 1.73 bits per heavy atom. The van der Waals surface area contributed by atoms with Crippen LogP contribution >= 0.6 is 0 Å². The second-order valence-electron chi connectivity index (χ2n) is 6.56. The average Bonchev–Trinajstić information content (AvgIpc) is 2.70. The summed E-state index contributed by atoms with van der Waals surface area (Å²) in [7, 11) is 1.71. The normalized spacial score (nSPS) is 14.9. The highest BCUT2D eigenvalue weighted by molar-refractivity contribution is 5.93. The van der Waals surface area contributed by atoms with E-state index < -0.39 is 0 Å². The number of carbonyl (C=O) groups excluding carboxylic acids is 1. The summed E-state index contributed by atoms with van der Waals surface area (Å²) in [6, 6.07) is 18.1. The highest BCUT2D eigenvalue weighted by Crippen LogP contribution is 2.27. The van der Waals surface area contributed by atoms with Crippen molar-refractivity contribution in [1.82, 2.24) is 0 Å². The molecule has 3 rings (SSSR count). The highest BCUT2D eigenvalue weighted by Gasteiger charge is 2.26. The van der Waals surface area contributed by atoms with Crippen LogP contribution in [-0.4, -0.2) is 52.3 Å². The van der Waals surface area contributed by atoms with E-state index in [-0.39, 0.29) is 5.91 Å². The maximum Gasteiger partial charge on any atom is 0.282 e. The van der Waals surface area contributed by atoms with Crippen molar-refractivity contribution in [3.63, 3.8) is 0 Å². The van der Waals surface area contributed by atoms with E-state index in [0.717, 1.165) is 43.3 Å². The zero-order valence-electron chi connectivity index (χ0n) is 15.6. The van der Waals surface area contributed by atoms with Gasteiger partial charge in [-0.1, -0.05) is 30.3 Å². The quantitative estimate of drug-likeness (QED) is 0.853. The number of anilines is 2. The minimum atomic E-state index is 0.194. The molecule has 0 saturated carbocycles. The number of quaternary nitrogens is 1. The first-order chi connectivity index (χ1) is 12.7. The summed E-state index contributed by atoms with van der Waals surface area (Å²) in [6.07, 6.45) is 0. The SMILES string of the molecule is CCN(C(=O)C[NH+]1CCN(c2ccccc2OC)CC1)c1ccccc1. The van der Waals surface area contributed by atoms with E-state index in [2.05, 4.69) is 11.0 Å². The summed E-state index contributed by atoms with van der Waals surface area (Å²) in [5, 5.41) is 0. The minimum Gasteiger partial charge on any atom is -0.495 e. The van der Waals surface area contributed by atoms with Gasteiger partial charge < -0.3 is 19.4 Å². The summed E-state index contributed by atoms with van der Waals surface area (Å²) >= 11 is 0. The van der Waals surface area contributed by atoms with E-state index in [4.69, 9.17) is 4.74 Å². The van der Waals surface area contributed by atoms with Crippen molar-refractivity contribution < 1.29 is 14.4 Å². The third kappa shape index (κ3) is 4.17. The lowest BCUT2D eigenvalue weighted by Gasteiger charge is -2.34. The third-order valence-electron chi connectivity index (χ3n) is 4.98. The Labute approximate surface area is 155 Å². The molecule has 0 atom stereocenters. The number of benzene rings is 2. The van der Waals surface area contributed by atoms with Gasteiger partial charge in [-0.2, -0.15) is 0 Å². The van der Waals surface area contributed by atoms with Crippen LogP contribution < -0.4 is 19.4 Å². The fraction of sp³-hybridized carbons (Fsp3) is 0.381. The number of para-hydroxylation sites is 3. The van der Waals surface area contributed by atoms with Gasteiger partial charge in [0.25, 0.3) is 5.91 Å². The number of amides is 1. The van der Waals surface area contributed by atoms with Gasteiger partial charge in [0.15, 0.2) is 6.54 Å². The summed E-state index contributed by atoms with van der Waals surface area (Å²) < 4.78 is 5.48. The zero-order chi connectivity index (χ0) is 18.4. The van der Waals surface area contributed by atoms with Crippen LogP contribution in [0.25, 0.3) is 0 Å². The largest absolute Gasteiger partial charge is 0.495 e. The smallest absolute Gasteiger partial charge is 0.282 e. The molecule has 1 N–H and O–H groups in total. The first kappa shape index (κ1) is 18.3. The molecule has 5 heteroatoms. The molecule has 1 amide bonds. The molecule has 1 heterocycles. The number of piperazine rings is 1. The van der Waals surface area contributed by atoms with Crippen molar-refractivity contribution in [2.45, 2.75) is 6.92 Å². The Bertz CT molecular complexity index is 712. The number of ether oxygens (including phenoxy) is 1. The van der Waals surface area contributed by atoms with Crippen LogP contribution in [0.2, 0.25) is 0 Å². The summed E-state index contributed by atoms with van der Waals surface area (Å²) in [4.78, 5) is 18.3. The summed E-state index contributed by atoms with van der Waals surface area (Å²) in [6.45, 7) is 7.04. The van der Waals surface area contributed by atoms with Crippen LogP contribution in [0.3, 0.4) is 0 Å². The molecule has 0 spiro atoms. The fourth-order valence-electron chi connectivity index (χ4n) is 3.55. The molecule has 1 aliphatic rings. The van der Waals surface area contributed by atoms with Gasteiger partial charge in [-0.3, -0.25) is 4.79 Å². The maximum absolute atomic E-state index is 12.8. The Morgan fingerprint density at radius 3 is 2.38 bits per heavy atom. The van der Waals surface area contributed by atoms with E-state index in [9.17, 15) is 4.79 Å². The Hall–Kier alpha value is -2.53. The van der Waals surface area contributed by atoms with E-state index >= 15 is 0 Å². The van der Waals surface area contributed by atoms with Crippen molar-refractivity contribution >= 4 is 17.3 Å².